The molecular formula is C12H15F3N2O3. The predicted octanol–water partition coefficient (Wildman–Crippen LogP) is 1.56. The highest BCUT2D eigenvalue weighted by molar-refractivity contribution is 5.71. The second-order valence-corrected chi connectivity index (χ2v) is 4.25. The number of rotatable bonds is 5. The van der Waals surface area contributed by atoms with Gasteiger partial charge in [0.1, 0.15) is 6.54 Å². The highest BCUT2D eigenvalue weighted by Gasteiger charge is 2.31. The summed E-state index contributed by atoms with van der Waals surface area (Å²) in [4.78, 5) is 26.1. The lowest BCUT2D eigenvalue weighted by molar-refractivity contribution is -0.141. The molecule has 112 valence electrons. The average molecular weight is 292 g/mol. The van der Waals surface area contributed by atoms with E-state index in [0.29, 0.717) is 4.57 Å². The van der Waals surface area contributed by atoms with E-state index in [9.17, 15) is 22.8 Å². The van der Waals surface area contributed by atoms with Gasteiger partial charge in [0.2, 0.25) is 0 Å². The maximum absolute atomic E-state index is 12.5. The van der Waals surface area contributed by atoms with E-state index in [0.717, 1.165) is 0 Å². The molecule has 8 heteroatoms. The van der Waals surface area contributed by atoms with Gasteiger partial charge in [0.15, 0.2) is 0 Å². The number of hydrogen-bond acceptors (Lipinski definition) is 3. The van der Waals surface area contributed by atoms with E-state index in [1.54, 1.807) is 13.8 Å². The zero-order chi connectivity index (χ0) is 15.5. The van der Waals surface area contributed by atoms with Crippen LogP contribution in [-0.2, 0) is 30.6 Å². The van der Waals surface area contributed by atoms with Gasteiger partial charge >= 0.3 is 17.8 Å². The Kier molecular flexibility index (Phi) is 4.91. The number of aryl methyl sites for hydroxylation is 1. The summed E-state index contributed by atoms with van der Waals surface area (Å²) in [5.41, 5.74) is -0.467. The molecule has 5 nitrogen and oxygen atoms in total. The van der Waals surface area contributed by atoms with E-state index >= 15 is 0 Å². The van der Waals surface area contributed by atoms with Crippen molar-refractivity contribution in [3.8, 4) is 0 Å². The van der Waals surface area contributed by atoms with Crippen LogP contribution in [0.25, 0.3) is 0 Å². The molecule has 0 aliphatic heterocycles. The van der Waals surface area contributed by atoms with Gasteiger partial charge in [-0.1, -0.05) is 13.8 Å². The highest BCUT2D eigenvalue weighted by Crippen LogP contribution is 2.20. The molecule has 0 radical (unpaired) electrons. The fourth-order valence-electron chi connectivity index (χ4n) is 2.08. The van der Waals surface area contributed by atoms with E-state index in [2.05, 4.69) is 4.98 Å². The standard InChI is InChI=1S/C12H15F3N2O3/c1-3-8-7(5-10(18)19)9(4-2)17(11(20)16-8)6-12(13,14)15/h3-6H2,1-2H3,(H,18,19). The number of carboxylic acids is 1. The smallest absolute Gasteiger partial charge is 0.406 e. The summed E-state index contributed by atoms with van der Waals surface area (Å²) < 4.78 is 38.0. The Morgan fingerprint density at radius 3 is 2.30 bits per heavy atom. The first-order valence-corrected chi connectivity index (χ1v) is 6.09. The second kappa shape index (κ2) is 6.06. The number of carbonyl (C=O) groups is 1. The molecule has 1 aromatic rings. The number of aromatic nitrogens is 2. The molecule has 1 N–H and O–H groups in total. The van der Waals surface area contributed by atoms with Crippen molar-refractivity contribution in [3.05, 3.63) is 27.4 Å². The van der Waals surface area contributed by atoms with Gasteiger partial charge in [-0.3, -0.25) is 9.36 Å². The summed E-state index contributed by atoms with van der Waals surface area (Å²) in [6, 6.07) is 0. The molecule has 0 amide bonds. The fourth-order valence-corrected chi connectivity index (χ4v) is 2.08. The van der Waals surface area contributed by atoms with Crippen LogP contribution in [0, 0.1) is 0 Å². The van der Waals surface area contributed by atoms with Gasteiger partial charge in [0.25, 0.3) is 0 Å². The zero-order valence-electron chi connectivity index (χ0n) is 11.1. The van der Waals surface area contributed by atoms with E-state index in [1.807, 2.05) is 0 Å². The quantitative estimate of drug-likeness (QED) is 0.894. The van der Waals surface area contributed by atoms with Gasteiger partial charge in [-0.2, -0.15) is 18.2 Å². The van der Waals surface area contributed by atoms with Crippen LogP contribution in [0.1, 0.15) is 30.8 Å². The largest absolute Gasteiger partial charge is 0.481 e. The Morgan fingerprint density at radius 2 is 1.90 bits per heavy atom. The lowest BCUT2D eigenvalue weighted by atomic mass is 10.0. The Morgan fingerprint density at radius 1 is 1.30 bits per heavy atom. The number of aliphatic carboxylic acids is 1. The van der Waals surface area contributed by atoms with Crippen molar-refractivity contribution in [1.29, 1.82) is 0 Å². The minimum atomic E-state index is -4.57. The maximum Gasteiger partial charge on any atom is 0.406 e. The Labute approximate surface area is 113 Å². The summed E-state index contributed by atoms with van der Waals surface area (Å²) in [7, 11) is 0. The van der Waals surface area contributed by atoms with Crippen LogP contribution in [0.5, 0.6) is 0 Å². The summed E-state index contributed by atoms with van der Waals surface area (Å²) in [6.45, 7) is 1.78. The first-order chi connectivity index (χ1) is 9.19. The second-order valence-electron chi connectivity index (χ2n) is 4.25. The molecule has 0 saturated heterocycles. The molecule has 0 aliphatic rings. The van der Waals surface area contributed by atoms with E-state index in [-0.39, 0.29) is 29.8 Å². The number of halogens is 3. The Bertz CT molecular complexity index is 564. The number of nitrogens with zero attached hydrogens (tertiary/aromatic N) is 2. The van der Waals surface area contributed by atoms with Crippen molar-refractivity contribution in [2.75, 3.05) is 0 Å². The lowest BCUT2D eigenvalue weighted by Crippen LogP contribution is -2.34. The summed E-state index contributed by atoms with van der Waals surface area (Å²) in [6.07, 6.45) is -4.59. The van der Waals surface area contributed by atoms with Gasteiger partial charge in [0, 0.05) is 11.3 Å². The van der Waals surface area contributed by atoms with E-state index in [4.69, 9.17) is 5.11 Å². The highest BCUT2D eigenvalue weighted by atomic mass is 19.4. The van der Waals surface area contributed by atoms with Crippen LogP contribution in [0.2, 0.25) is 0 Å². The van der Waals surface area contributed by atoms with Crippen LogP contribution in [0.4, 0.5) is 13.2 Å². The van der Waals surface area contributed by atoms with Crippen molar-refractivity contribution in [3.63, 3.8) is 0 Å². The van der Waals surface area contributed by atoms with Crippen molar-refractivity contribution in [2.45, 2.75) is 45.8 Å². The van der Waals surface area contributed by atoms with Crippen LogP contribution in [0.15, 0.2) is 4.79 Å². The number of carboxylic acid groups (broad SMARTS) is 1. The van der Waals surface area contributed by atoms with Crippen LogP contribution in [0.3, 0.4) is 0 Å². The Hall–Kier alpha value is -1.86. The zero-order valence-corrected chi connectivity index (χ0v) is 11.1. The van der Waals surface area contributed by atoms with Gasteiger partial charge < -0.3 is 5.11 Å². The minimum absolute atomic E-state index is 0.0848. The van der Waals surface area contributed by atoms with Crippen LogP contribution >= 0.6 is 0 Å². The third-order valence-corrected chi connectivity index (χ3v) is 2.82. The summed E-state index contributed by atoms with van der Waals surface area (Å²) in [5.74, 6) is -1.17. The van der Waals surface area contributed by atoms with Gasteiger partial charge in [-0.25, -0.2) is 4.79 Å². The van der Waals surface area contributed by atoms with Gasteiger partial charge in [-0.15, -0.1) is 0 Å². The SMILES string of the molecule is CCc1nc(=O)n(CC(F)(F)F)c(CC)c1CC(=O)O. The molecule has 0 aliphatic carbocycles. The van der Waals surface area contributed by atoms with Crippen LogP contribution in [-0.4, -0.2) is 26.8 Å². The minimum Gasteiger partial charge on any atom is -0.481 e. The fraction of sp³-hybridized carbons (Fsp3) is 0.583. The lowest BCUT2D eigenvalue weighted by Gasteiger charge is -2.18. The molecular weight excluding hydrogens is 277 g/mol. The molecule has 0 fully saturated rings. The molecule has 1 aromatic heterocycles. The molecule has 0 saturated carbocycles. The van der Waals surface area contributed by atoms with Crippen molar-refractivity contribution >= 4 is 5.97 Å². The molecule has 0 unspecified atom stereocenters. The van der Waals surface area contributed by atoms with Gasteiger partial charge in [-0.05, 0) is 12.8 Å². The monoisotopic (exact) mass is 292 g/mol. The molecule has 0 spiro atoms. The summed E-state index contributed by atoms with van der Waals surface area (Å²) >= 11 is 0. The normalized spacial score (nSPS) is 11.7. The molecule has 0 aromatic carbocycles. The Balaban J connectivity index is 3.51. The predicted molar refractivity (Wildman–Crippen MR) is 64.6 cm³/mol. The van der Waals surface area contributed by atoms with Crippen molar-refractivity contribution in [1.82, 2.24) is 9.55 Å². The third kappa shape index (κ3) is 3.82. The van der Waals surface area contributed by atoms with Crippen molar-refractivity contribution < 1.29 is 23.1 Å². The topological polar surface area (TPSA) is 72.2 Å². The van der Waals surface area contributed by atoms with E-state index < -0.39 is 30.8 Å². The molecule has 20 heavy (non-hydrogen) atoms. The van der Waals surface area contributed by atoms with E-state index in [1.165, 1.54) is 0 Å². The molecule has 1 heterocycles. The molecule has 1 rings (SSSR count). The molecule has 0 bridgehead atoms. The average Bonchev–Trinajstić information content (AvgIpc) is 2.31. The third-order valence-electron chi connectivity index (χ3n) is 2.82. The maximum atomic E-state index is 12.5. The first kappa shape index (κ1) is 16.2. The number of hydrogen-bond donors (Lipinski definition) is 1. The van der Waals surface area contributed by atoms with Crippen LogP contribution < -0.4 is 5.69 Å². The molecule has 0 atom stereocenters. The number of alkyl halides is 3. The summed E-state index contributed by atoms with van der Waals surface area (Å²) in [5, 5.41) is 8.86. The van der Waals surface area contributed by atoms with Crippen molar-refractivity contribution in [2.24, 2.45) is 0 Å². The van der Waals surface area contributed by atoms with Gasteiger partial charge in [0.05, 0.1) is 12.1 Å². The first-order valence-electron chi connectivity index (χ1n) is 6.09.